The molecule has 0 spiro atoms. The molecule has 0 bridgehead atoms. The van der Waals surface area contributed by atoms with Gasteiger partial charge in [0, 0.05) is 43.1 Å². The number of methoxy groups -OCH3 is 1. The summed E-state index contributed by atoms with van der Waals surface area (Å²) >= 11 is 6.11. The lowest BCUT2D eigenvalue weighted by atomic mass is 10.2. The summed E-state index contributed by atoms with van der Waals surface area (Å²) in [5.74, 6) is 2.12. The van der Waals surface area contributed by atoms with Gasteiger partial charge < -0.3 is 19.9 Å². The van der Waals surface area contributed by atoms with Crippen LogP contribution in [0.3, 0.4) is 0 Å². The van der Waals surface area contributed by atoms with Crippen LogP contribution in [0.5, 0.6) is 5.75 Å². The van der Waals surface area contributed by atoms with Crippen LogP contribution in [0.4, 0.5) is 23.1 Å². The van der Waals surface area contributed by atoms with Crippen LogP contribution in [0.1, 0.15) is 0 Å². The Morgan fingerprint density at radius 3 is 2.46 bits per heavy atom. The van der Waals surface area contributed by atoms with Crippen molar-refractivity contribution >= 4 is 34.7 Å². The van der Waals surface area contributed by atoms with Crippen molar-refractivity contribution in [3.63, 3.8) is 0 Å². The Morgan fingerprint density at radius 2 is 1.71 bits per heavy atom. The van der Waals surface area contributed by atoms with Crippen molar-refractivity contribution in [3.8, 4) is 5.75 Å². The van der Waals surface area contributed by atoms with Gasteiger partial charge in [0.05, 0.1) is 12.8 Å². The fraction of sp³-hybridized carbons (Fsp3) is 0.238. The maximum Gasteiger partial charge on any atom is 0.229 e. The maximum atomic E-state index is 6.11. The molecule has 6 nitrogen and oxygen atoms in total. The number of nitrogens with zero attached hydrogens (tertiary/aromatic N) is 4. The van der Waals surface area contributed by atoms with Crippen LogP contribution in [0.15, 0.2) is 60.8 Å². The predicted octanol–water partition coefficient (Wildman–Crippen LogP) is 4.21. The second-order valence-electron chi connectivity index (χ2n) is 6.52. The second kappa shape index (κ2) is 8.35. The highest BCUT2D eigenvalue weighted by Crippen LogP contribution is 2.30. The van der Waals surface area contributed by atoms with Crippen LogP contribution < -0.4 is 19.9 Å². The van der Waals surface area contributed by atoms with Gasteiger partial charge in [0.25, 0.3) is 0 Å². The van der Waals surface area contributed by atoms with Crippen molar-refractivity contribution < 1.29 is 4.74 Å². The Hall–Kier alpha value is -2.99. The van der Waals surface area contributed by atoms with Gasteiger partial charge in [0.15, 0.2) is 0 Å². The number of halogens is 1. The van der Waals surface area contributed by atoms with Crippen LogP contribution in [0, 0.1) is 0 Å². The molecule has 144 valence electrons. The number of hydrogen-bond donors (Lipinski definition) is 1. The van der Waals surface area contributed by atoms with Gasteiger partial charge in [-0.3, -0.25) is 0 Å². The number of ether oxygens (including phenoxy) is 1. The summed E-state index contributed by atoms with van der Waals surface area (Å²) < 4.78 is 5.38. The number of para-hydroxylation sites is 1. The summed E-state index contributed by atoms with van der Waals surface area (Å²) in [5, 5.41) is 3.83. The fourth-order valence-electron chi connectivity index (χ4n) is 3.32. The first-order valence-corrected chi connectivity index (χ1v) is 9.59. The zero-order valence-corrected chi connectivity index (χ0v) is 16.4. The van der Waals surface area contributed by atoms with Crippen molar-refractivity contribution in [2.75, 3.05) is 48.4 Å². The summed E-state index contributed by atoms with van der Waals surface area (Å²) in [6.45, 7) is 3.73. The van der Waals surface area contributed by atoms with E-state index in [0.29, 0.717) is 16.7 Å². The molecule has 1 aliphatic heterocycles. The molecule has 28 heavy (non-hydrogen) atoms. The minimum absolute atomic E-state index is 0.517. The molecule has 0 radical (unpaired) electrons. The van der Waals surface area contributed by atoms with Crippen LogP contribution >= 0.6 is 11.6 Å². The van der Waals surface area contributed by atoms with Gasteiger partial charge in [0.1, 0.15) is 11.6 Å². The fourth-order valence-corrected chi connectivity index (χ4v) is 3.49. The van der Waals surface area contributed by atoms with Crippen molar-refractivity contribution in [2.45, 2.75) is 0 Å². The molecule has 2 heterocycles. The molecule has 1 aromatic heterocycles. The smallest absolute Gasteiger partial charge is 0.229 e. The third kappa shape index (κ3) is 4.12. The zero-order chi connectivity index (χ0) is 19.3. The van der Waals surface area contributed by atoms with Gasteiger partial charge in [-0.25, -0.2) is 4.98 Å². The highest BCUT2D eigenvalue weighted by molar-refractivity contribution is 6.31. The summed E-state index contributed by atoms with van der Waals surface area (Å²) in [7, 11) is 1.62. The van der Waals surface area contributed by atoms with Crippen molar-refractivity contribution in [2.24, 2.45) is 0 Å². The van der Waals surface area contributed by atoms with E-state index in [1.54, 1.807) is 25.4 Å². The molecule has 0 saturated carbocycles. The molecule has 4 rings (SSSR count). The van der Waals surface area contributed by atoms with E-state index in [1.165, 1.54) is 5.69 Å². The lowest BCUT2D eigenvalue weighted by Crippen LogP contribution is -2.46. The van der Waals surface area contributed by atoms with E-state index in [4.69, 9.17) is 16.3 Å². The Balaban J connectivity index is 1.45. The van der Waals surface area contributed by atoms with Crippen molar-refractivity contribution in [1.29, 1.82) is 0 Å². The highest BCUT2D eigenvalue weighted by Gasteiger charge is 2.19. The third-order valence-corrected chi connectivity index (χ3v) is 5.01. The number of anilines is 4. The van der Waals surface area contributed by atoms with Gasteiger partial charge in [-0.05, 0) is 36.4 Å². The Kier molecular flexibility index (Phi) is 5.48. The van der Waals surface area contributed by atoms with E-state index in [-0.39, 0.29) is 0 Å². The normalized spacial score (nSPS) is 14.1. The molecule has 1 aliphatic rings. The zero-order valence-electron chi connectivity index (χ0n) is 15.7. The average Bonchev–Trinajstić information content (AvgIpc) is 2.75. The van der Waals surface area contributed by atoms with Gasteiger partial charge >= 0.3 is 0 Å². The number of aromatic nitrogens is 2. The molecule has 3 aromatic rings. The van der Waals surface area contributed by atoms with Crippen LogP contribution in [-0.4, -0.2) is 43.3 Å². The number of hydrogen-bond acceptors (Lipinski definition) is 6. The molecule has 1 saturated heterocycles. The van der Waals surface area contributed by atoms with Gasteiger partial charge in [-0.15, -0.1) is 0 Å². The van der Waals surface area contributed by atoms with E-state index in [9.17, 15) is 0 Å². The summed E-state index contributed by atoms with van der Waals surface area (Å²) in [6.07, 6.45) is 1.77. The van der Waals surface area contributed by atoms with Crippen LogP contribution in [-0.2, 0) is 0 Å². The van der Waals surface area contributed by atoms with Gasteiger partial charge in [-0.2, -0.15) is 4.98 Å². The Bertz CT molecular complexity index is 929. The maximum absolute atomic E-state index is 6.11. The van der Waals surface area contributed by atoms with Gasteiger partial charge in [0.2, 0.25) is 5.95 Å². The molecular formula is C21H22ClN5O. The Labute approximate surface area is 169 Å². The van der Waals surface area contributed by atoms with Crippen molar-refractivity contribution in [1.82, 2.24) is 9.97 Å². The molecule has 0 amide bonds. The molecule has 7 heteroatoms. The average molecular weight is 396 g/mol. The first-order chi connectivity index (χ1) is 13.7. The van der Waals surface area contributed by atoms with Crippen LogP contribution in [0.25, 0.3) is 0 Å². The van der Waals surface area contributed by atoms with E-state index in [2.05, 4.69) is 49.4 Å². The predicted molar refractivity (Wildman–Crippen MR) is 114 cm³/mol. The minimum Gasteiger partial charge on any atom is -0.495 e. The molecule has 0 aliphatic carbocycles. The molecule has 0 atom stereocenters. The number of piperazine rings is 1. The summed E-state index contributed by atoms with van der Waals surface area (Å²) in [4.78, 5) is 13.7. The second-order valence-corrected chi connectivity index (χ2v) is 6.95. The molecule has 1 N–H and O–H groups in total. The molecule has 0 unspecified atom stereocenters. The van der Waals surface area contributed by atoms with E-state index in [0.717, 1.165) is 37.7 Å². The van der Waals surface area contributed by atoms with E-state index >= 15 is 0 Å². The largest absolute Gasteiger partial charge is 0.495 e. The standard InChI is InChI=1S/C21H22ClN5O/c1-28-19-8-7-16(22)15-18(19)24-21-23-10-9-20(25-21)27-13-11-26(12-14-27)17-5-3-2-4-6-17/h2-10,15H,11-14H2,1H3,(H,23,24,25). The topological polar surface area (TPSA) is 53.5 Å². The summed E-state index contributed by atoms with van der Waals surface area (Å²) in [6, 6.07) is 17.9. The van der Waals surface area contributed by atoms with E-state index < -0.39 is 0 Å². The monoisotopic (exact) mass is 395 g/mol. The van der Waals surface area contributed by atoms with Gasteiger partial charge in [-0.1, -0.05) is 29.8 Å². The molecular weight excluding hydrogens is 374 g/mol. The number of benzene rings is 2. The quantitative estimate of drug-likeness (QED) is 0.698. The first-order valence-electron chi connectivity index (χ1n) is 9.21. The highest BCUT2D eigenvalue weighted by atomic mass is 35.5. The van der Waals surface area contributed by atoms with Crippen LogP contribution in [0.2, 0.25) is 5.02 Å². The first kappa shape index (κ1) is 18.4. The van der Waals surface area contributed by atoms with E-state index in [1.807, 2.05) is 18.2 Å². The lowest BCUT2D eigenvalue weighted by Gasteiger charge is -2.36. The third-order valence-electron chi connectivity index (χ3n) is 4.77. The number of nitrogens with one attached hydrogen (secondary N) is 1. The Morgan fingerprint density at radius 1 is 0.964 bits per heavy atom. The lowest BCUT2D eigenvalue weighted by molar-refractivity contribution is 0.417. The number of rotatable bonds is 5. The van der Waals surface area contributed by atoms with Crippen molar-refractivity contribution in [3.05, 3.63) is 65.8 Å². The molecule has 2 aromatic carbocycles. The minimum atomic E-state index is 0.517. The summed E-state index contributed by atoms with van der Waals surface area (Å²) in [5.41, 5.74) is 2.00. The molecule has 1 fully saturated rings. The SMILES string of the molecule is COc1ccc(Cl)cc1Nc1nccc(N2CCN(c3ccccc3)CC2)n1.